The van der Waals surface area contributed by atoms with Crippen molar-refractivity contribution in [2.45, 2.75) is 45.2 Å². The molecular weight excluding hydrogens is 394 g/mol. The van der Waals surface area contributed by atoms with Gasteiger partial charge in [-0.15, -0.1) is 0 Å². The molecule has 0 radical (unpaired) electrons. The Morgan fingerprint density at radius 3 is 2.61 bits per heavy atom. The summed E-state index contributed by atoms with van der Waals surface area (Å²) >= 11 is 0. The number of ether oxygens (including phenoxy) is 3. The highest BCUT2D eigenvalue weighted by Gasteiger charge is 2.33. The van der Waals surface area contributed by atoms with Crippen molar-refractivity contribution >= 4 is 5.91 Å². The molecule has 1 heterocycles. The normalized spacial score (nSPS) is 20.8. The van der Waals surface area contributed by atoms with Gasteiger partial charge in [0.05, 0.1) is 13.7 Å². The lowest BCUT2D eigenvalue weighted by molar-refractivity contribution is 0.0661. The van der Waals surface area contributed by atoms with Gasteiger partial charge in [0.2, 0.25) is 0 Å². The predicted molar refractivity (Wildman–Crippen MR) is 122 cm³/mol. The average Bonchev–Trinajstić information content (AvgIpc) is 3.50. The summed E-state index contributed by atoms with van der Waals surface area (Å²) in [4.78, 5) is 15.5. The third-order valence-corrected chi connectivity index (χ3v) is 6.20. The molecule has 7 heteroatoms. The van der Waals surface area contributed by atoms with Crippen LogP contribution in [0.15, 0.2) is 18.2 Å². The minimum atomic E-state index is 0.0418. The molecule has 1 saturated heterocycles. The zero-order chi connectivity index (χ0) is 22.2. The Kier molecular flexibility index (Phi) is 8.99. The first-order valence-corrected chi connectivity index (χ1v) is 11.6. The summed E-state index contributed by atoms with van der Waals surface area (Å²) in [5.74, 6) is 2.30. The highest BCUT2D eigenvalue weighted by Crippen LogP contribution is 2.30. The summed E-state index contributed by atoms with van der Waals surface area (Å²) in [6.07, 6.45) is 3.38. The van der Waals surface area contributed by atoms with E-state index in [9.17, 15) is 4.79 Å². The first-order valence-electron chi connectivity index (χ1n) is 11.6. The second-order valence-electron chi connectivity index (χ2n) is 8.97. The van der Waals surface area contributed by atoms with E-state index < -0.39 is 0 Å². The summed E-state index contributed by atoms with van der Waals surface area (Å²) < 4.78 is 16.4. The highest BCUT2D eigenvalue weighted by molar-refractivity contribution is 5.95. The van der Waals surface area contributed by atoms with Gasteiger partial charge in [-0.05, 0) is 69.8 Å². The van der Waals surface area contributed by atoms with E-state index in [1.54, 1.807) is 14.2 Å². The highest BCUT2D eigenvalue weighted by atomic mass is 16.5. The van der Waals surface area contributed by atoms with Crippen molar-refractivity contribution in [2.24, 2.45) is 11.8 Å². The summed E-state index contributed by atoms with van der Waals surface area (Å²) in [6.45, 7) is 9.10. The molecule has 7 nitrogen and oxygen atoms in total. The van der Waals surface area contributed by atoms with Crippen LogP contribution in [-0.4, -0.2) is 76.5 Å². The number of amides is 1. The molecule has 0 aromatic heterocycles. The Morgan fingerprint density at radius 2 is 1.94 bits per heavy atom. The van der Waals surface area contributed by atoms with Crippen molar-refractivity contribution in [3.63, 3.8) is 0 Å². The van der Waals surface area contributed by atoms with Crippen LogP contribution in [0, 0.1) is 11.8 Å². The topological polar surface area (TPSA) is 72.1 Å². The molecular formula is C24H39N3O4. The third-order valence-electron chi connectivity index (χ3n) is 6.20. The van der Waals surface area contributed by atoms with E-state index in [4.69, 9.17) is 14.2 Å². The largest absolute Gasteiger partial charge is 0.493 e. The quantitative estimate of drug-likeness (QED) is 0.466. The number of carbonyl (C=O) groups is 1. The van der Waals surface area contributed by atoms with Gasteiger partial charge in [-0.25, -0.2) is 0 Å². The van der Waals surface area contributed by atoms with Gasteiger partial charge in [0, 0.05) is 50.9 Å². The Bertz CT molecular complexity index is 708. The van der Waals surface area contributed by atoms with Crippen molar-refractivity contribution in [2.75, 3.05) is 53.6 Å². The van der Waals surface area contributed by atoms with Crippen LogP contribution in [0.4, 0.5) is 0 Å². The Hall–Kier alpha value is -1.83. The van der Waals surface area contributed by atoms with Gasteiger partial charge < -0.3 is 29.7 Å². The fourth-order valence-electron chi connectivity index (χ4n) is 4.10. The molecule has 3 rings (SSSR count). The van der Waals surface area contributed by atoms with Gasteiger partial charge in [-0.2, -0.15) is 0 Å². The second-order valence-corrected chi connectivity index (χ2v) is 8.97. The van der Waals surface area contributed by atoms with E-state index in [1.807, 2.05) is 23.1 Å². The molecule has 2 aliphatic rings. The maximum Gasteiger partial charge on any atom is 0.254 e. The van der Waals surface area contributed by atoms with Crippen LogP contribution < -0.4 is 20.1 Å². The van der Waals surface area contributed by atoms with Crippen molar-refractivity contribution in [3.8, 4) is 11.5 Å². The number of nitrogens with one attached hydrogen (secondary N) is 2. The van der Waals surface area contributed by atoms with E-state index >= 15 is 0 Å². The molecule has 2 N–H and O–H groups in total. The van der Waals surface area contributed by atoms with E-state index in [1.165, 1.54) is 12.8 Å². The molecule has 174 valence electrons. The lowest BCUT2D eigenvalue weighted by Crippen LogP contribution is -2.43. The Labute approximate surface area is 186 Å². The second kappa shape index (κ2) is 11.7. The molecule has 31 heavy (non-hydrogen) atoms. The zero-order valence-electron chi connectivity index (χ0n) is 19.5. The molecule has 1 amide bonds. The number of carbonyl (C=O) groups excluding carboxylic acids is 1. The summed E-state index contributed by atoms with van der Waals surface area (Å²) in [5.41, 5.74) is 0.634. The fourth-order valence-corrected chi connectivity index (χ4v) is 4.10. The number of nitrogens with zero attached hydrogens (tertiary/aromatic N) is 1. The minimum absolute atomic E-state index is 0.0418. The molecule has 0 bridgehead atoms. The maximum absolute atomic E-state index is 13.5. The summed E-state index contributed by atoms with van der Waals surface area (Å²) in [5, 5.41) is 7.18. The fraction of sp³-hybridized carbons (Fsp3) is 0.708. The number of rotatable bonds is 13. The van der Waals surface area contributed by atoms with Gasteiger partial charge in [-0.3, -0.25) is 4.79 Å². The van der Waals surface area contributed by atoms with E-state index in [0.29, 0.717) is 48.2 Å². The monoisotopic (exact) mass is 433 g/mol. The molecule has 0 spiro atoms. The molecule has 1 aliphatic heterocycles. The zero-order valence-corrected chi connectivity index (χ0v) is 19.5. The number of hydrogen-bond donors (Lipinski definition) is 2. The smallest absolute Gasteiger partial charge is 0.254 e. The SMILES string of the molecule is COCCCOc1cc(C(=O)N(C[C@@H]2CNC[C@H]2CNC2CC2)C(C)C)ccc1OC. The van der Waals surface area contributed by atoms with Crippen LogP contribution in [0.2, 0.25) is 0 Å². The molecule has 2 atom stereocenters. The van der Waals surface area contributed by atoms with Gasteiger partial charge >= 0.3 is 0 Å². The first-order chi connectivity index (χ1) is 15.0. The first kappa shape index (κ1) is 23.8. The molecule has 1 aliphatic carbocycles. The van der Waals surface area contributed by atoms with Gasteiger partial charge in [-0.1, -0.05) is 0 Å². The van der Waals surface area contributed by atoms with Crippen LogP contribution in [0.3, 0.4) is 0 Å². The number of hydrogen-bond acceptors (Lipinski definition) is 6. The number of benzene rings is 1. The van der Waals surface area contributed by atoms with Crippen LogP contribution in [0.25, 0.3) is 0 Å². The van der Waals surface area contributed by atoms with Crippen molar-refractivity contribution < 1.29 is 19.0 Å². The van der Waals surface area contributed by atoms with Gasteiger partial charge in [0.15, 0.2) is 11.5 Å². The molecule has 1 aromatic carbocycles. The van der Waals surface area contributed by atoms with Crippen molar-refractivity contribution in [3.05, 3.63) is 23.8 Å². The molecule has 2 fully saturated rings. The van der Waals surface area contributed by atoms with Crippen molar-refractivity contribution in [1.82, 2.24) is 15.5 Å². The average molecular weight is 434 g/mol. The van der Waals surface area contributed by atoms with Crippen molar-refractivity contribution in [1.29, 1.82) is 0 Å². The minimum Gasteiger partial charge on any atom is -0.493 e. The standard InChI is InChI=1S/C24H39N3O4/c1-17(2)27(16-20-14-25-13-19(20)15-26-21-7-8-21)24(28)18-6-9-22(30-4)23(12-18)31-11-5-10-29-3/h6,9,12,17,19-21,25-26H,5,7-8,10-11,13-16H2,1-4H3/t19-,20-/m0/s1. The van der Waals surface area contributed by atoms with Crippen LogP contribution >= 0.6 is 0 Å². The molecule has 1 aromatic rings. The van der Waals surface area contributed by atoms with E-state index in [-0.39, 0.29) is 11.9 Å². The predicted octanol–water partition coefficient (Wildman–Crippen LogP) is 2.55. The Morgan fingerprint density at radius 1 is 1.16 bits per heavy atom. The summed E-state index contributed by atoms with van der Waals surface area (Å²) in [7, 11) is 3.29. The molecule has 0 unspecified atom stereocenters. The van der Waals surface area contributed by atoms with Gasteiger partial charge in [0.25, 0.3) is 5.91 Å². The van der Waals surface area contributed by atoms with Gasteiger partial charge in [0.1, 0.15) is 0 Å². The number of methoxy groups -OCH3 is 2. The van der Waals surface area contributed by atoms with Crippen LogP contribution in [-0.2, 0) is 4.74 Å². The summed E-state index contributed by atoms with van der Waals surface area (Å²) in [6, 6.07) is 6.29. The third kappa shape index (κ3) is 6.82. The Balaban J connectivity index is 1.66. The van der Waals surface area contributed by atoms with E-state index in [2.05, 4.69) is 24.5 Å². The molecule has 1 saturated carbocycles. The lowest BCUT2D eigenvalue weighted by Gasteiger charge is -2.32. The van der Waals surface area contributed by atoms with Crippen LogP contribution in [0.5, 0.6) is 11.5 Å². The van der Waals surface area contributed by atoms with E-state index in [0.717, 1.165) is 32.6 Å². The lowest BCUT2D eigenvalue weighted by atomic mass is 9.94. The maximum atomic E-state index is 13.5. The van der Waals surface area contributed by atoms with Crippen LogP contribution in [0.1, 0.15) is 43.5 Å².